The van der Waals surface area contributed by atoms with Crippen LogP contribution >= 0.6 is 35.4 Å². The van der Waals surface area contributed by atoms with Crippen molar-refractivity contribution < 1.29 is 0 Å². The molecule has 0 saturated heterocycles. The van der Waals surface area contributed by atoms with Gasteiger partial charge in [-0.05, 0) is 29.9 Å². The molecule has 0 fully saturated rings. The van der Waals surface area contributed by atoms with Crippen LogP contribution in [-0.2, 0) is 0 Å². The minimum atomic E-state index is 0.142. The largest absolute Gasteiger partial charge is 0.375 e. The van der Waals surface area contributed by atoms with Gasteiger partial charge in [-0.2, -0.15) is 5.10 Å². The summed E-state index contributed by atoms with van der Waals surface area (Å²) in [6.45, 7) is 1.54. The molecule has 7 heteroatoms. The van der Waals surface area contributed by atoms with Crippen LogP contribution in [0.4, 0.5) is 5.69 Å². The first-order chi connectivity index (χ1) is 9.17. The first-order valence-corrected chi connectivity index (χ1v) is 7.20. The Morgan fingerprint density at radius 3 is 2.32 bits per heavy atom. The third kappa shape index (κ3) is 6.09. The second-order valence-corrected chi connectivity index (χ2v) is 4.89. The van der Waals surface area contributed by atoms with Crippen LogP contribution in [0.15, 0.2) is 29.4 Å². The van der Waals surface area contributed by atoms with E-state index in [1.165, 1.54) is 0 Å². The molecule has 1 rings (SSSR count). The number of thiocarbonyl (C=S) groups is 1. The quantitative estimate of drug-likeness (QED) is 0.350. The van der Waals surface area contributed by atoms with Crippen LogP contribution in [0.1, 0.15) is 5.56 Å². The number of nitrogens with two attached hydrogens (primary N) is 1. The maximum atomic E-state index is 5.77. The zero-order valence-corrected chi connectivity index (χ0v) is 12.7. The number of hydrazone groups is 1. The summed E-state index contributed by atoms with van der Waals surface area (Å²) in [6, 6.07) is 7.91. The normalized spacial score (nSPS) is 10.6. The van der Waals surface area contributed by atoms with E-state index in [1.54, 1.807) is 6.21 Å². The van der Waals surface area contributed by atoms with E-state index in [1.807, 2.05) is 24.3 Å². The standard InChI is InChI=1S/C12H16Cl2N4S/c13-5-7-18(8-6-14)11-3-1-10(2-4-11)9-16-17-12(15)19/h1-4,9H,5-8H2,(H3,15,17,19)/b16-9+. The zero-order valence-electron chi connectivity index (χ0n) is 10.4. The molecule has 0 saturated carbocycles. The van der Waals surface area contributed by atoms with Crippen LogP contribution in [0.25, 0.3) is 0 Å². The molecule has 0 aliphatic carbocycles. The van der Waals surface area contributed by atoms with Gasteiger partial charge in [-0.25, -0.2) is 0 Å². The molecule has 104 valence electrons. The highest BCUT2D eigenvalue weighted by molar-refractivity contribution is 7.80. The number of nitrogens with zero attached hydrogens (tertiary/aromatic N) is 2. The highest BCUT2D eigenvalue weighted by Crippen LogP contribution is 2.14. The lowest BCUT2D eigenvalue weighted by Gasteiger charge is -2.22. The fraction of sp³-hybridized carbons (Fsp3) is 0.333. The minimum Gasteiger partial charge on any atom is -0.375 e. The molecule has 0 atom stereocenters. The van der Waals surface area contributed by atoms with Crippen LogP contribution in [0.5, 0.6) is 0 Å². The van der Waals surface area contributed by atoms with Crippen molar-refractivity contribution in [3.63, 3.8) is 0 Å². The molecule has 1 aromatic carbocycles. The number of nitrogens with one attached hydrogen (secondary N) is 1. The molecule has 19 heavy (non-hydrogen) atoms. The fourth-order valence-electron chi connectivity index (χ4n) is 1.52. The van der Waals surface area contributed by atoms with Crippen molar-refractivity contribution in [2.75, 3.05) is 29.7 Å². The zero-order chi connectivity index (χ0) is 14.1. The van der Waals surface area contributed by atoms with Crippen LogP contribution < -0.4 is 16.1 Å². The molecule has 0 aliphatic heterocycles. The summed E-state index contributed by atoms with van der Waals surface area (Å²) in [5, 5.41) is 4.03. The lowest BCUT2D eigenvalue weighted by molar-refractivity contribution is 0.874. The summed E-state index contributed by atoms with van der Waals surface area (Å²) >= 11 is 16.2. The van der Waals surface area contributed by atoms with Crippen molar-refractivity contribution in [1.82, 2.24) is 5.43 Å². The molecule has 1 aromatic rings. The van der Waals surface area contributed by atoms with Gasteiger partial charge in [0.2, 0.25) is 0 Å². The number of hydrogen-bond acceptors (Lipinski definition) is 3. The first kappa shape index (κ1) is 16.0. The van der Waals surface area contributed by atoms with Crippen LogP contribution in [0, 0.1) is 0 Å². The molecule has 3 N–H and O–H groups in total. The Kier molecular flexibility index (Phi) is 7.55. The third-order valence-corrected chi connectivity index (χ3v) is 2.78. The van der Waals surface area contributed by atoms with Gasteiger partial charge in [-0.15, -0.1) is 23.2 Å². The number of rotatable bonds is 7. The van der Waals surface area contributed by atoms with Crippen molar-refractivity contribution in [3.8, 4) is 0 Å². The predicted octanol–water partition coefficient (Wildman–Crippen LogP) is 2.14. The van der Waals surface area contributed by atoms with E-state index in [0.717, 1.165) is 24.3 Å². The number of anilines is 1. The second kappa shape index (κ2) is 8.96. The predicted molar refractivity (Wildman–Crippen MR) is 87.6 cm³/mol. The van der Waals surface area contributed by atoms with E-state index < -0.39 is 0 Å². The molecular weight excluding hydrogens is 303 g/mol. The van der Waals surface area contributed by atoms with Gasteiger partial charge >= 0.3 is 0 Å². The number of alkyl halides is 2. The fourth-order valence-corrected chi connectivity index (χ4v) is 1.98. The van der Waals surface area contributed by atoms with Gasteiger partial charge in [-0.3, -0.25) is 5.43 Å². The summed E-state index contributed by atoms with van der Waals surface area (Å²) in [6.07, 6.45) is 1.65. The van der Waals surface area contributed by atoms with Gasteiger partial charge < -0.3 is 10.6 Å². The average molecular weight is 319 g/mol. The van der Waals surface area contributed by atoms with Crippen molar-refractivity contribution in [1.29, 1.82) is 0 Å². The van der Waals surface area contributed by atoms with Crippen molar-refractivity contribution >= 4 is 52.4 Å². The third-order valence-electron chi connectivity index (χ3n) is 2.36. The van der Waals surface area contributed by atoms with Crippen molar-refractivity contribution in [2.45, 2.75) is 0 Å². The lowest BCUT2D eigenvalue weighted by atomic mass is 10.2. The number of benzene rings is 1. The van der Waals surface area contributed by atoms with Gasteiger partial charge in [0.1, 0.15) is 0 Å². The Balaban J connectivity index is 2.68. The highest BCUT2D eigenvalue weighted by Gasteiger charge is 2.04. The van der Waals surface area contributed by atoms with E-state index >= 15 is 0 Å². The van der Waals surface area contributed by atoms with E-state index in [9.17, 15) is 0 Å². The summed E-state index contributed by atoms with van der Waals surface area (Å²) in [5.74, 6) is 1.13. The SMILES string of the molecule is NC(=S)N/N=C/c1ccc(N(CCCl)CCCl)cc1. The number of halogens is 2. The lowest BCUT2D eigenvalue weighted by Crippen LogP contribution is -2.27. The van der Waals surface area contributed by atoms with Gasteiger partial charge in [0.25, 0.3) is 0 Å². The molecule has 0 heterocycles. The molecular formula is C12H16Cl2N4S. The Morgan fingerprint density at radius 1 is 1.26 bits per heavy atom. The highest BCUT2D eigenvalue weighted by atomic mass is 35.5. The van der Waals surface area contributed by atoms with E-state index in [-0.39, 0.29) is 5.11 Å². The summed E-state index contributed by atoms with van der Waals surface area (Å²) in [4.78, 5) is 2.13. The maximum absolute atomic E-state index is 5.77. The maximum Gasteiger partial charge on any atom is 0.184 e. The molecule has 4 nitrogen and oxygen atoms in total. The molecule has 0 radical (unpaired) electrons. The van der Waals surface area contributed by atoms with Gasteiger partial charge in [-0.1, -0.05) is 12.1 Å². The van der Waals surface area contributed by atoms with Crippen molar-refractivity contribution in [2.24, 2.45) is 10.8 Å². The Hall–Kier alpha value is -1.04. The van der Waals surface area contributed by atoms with Crippen LogP contribution in [-0.4, -0.2) is 36.2 Å². The van der Waals surface area contributed by atoms with Crippen LogP contribution in [0.2, 0.25) is 0 Å². The Labute approximate surface area is 128 Å². The van der Waals surface area contributed by atoms with Gasteiger partial charge in [0, 0.05) is 30.5 Å². The summed E-state index contributed by atoms with van der Waals surface area (Å²) < 4.78 is 0. The van der Waals surface area contributed by atoms with E-state index in [2.05, 4.69) is 27.6 Å². The summed E-state index contributed by atoms with van der Waals surface area (Å²) in [5.41, 5.74) is 9.80. The number of hydrogen-bond donors (Lipinski definition) is 2. The van der Waals surface area contributed by atoms with E-state index in [0.29, 0.717) is 11.8 Å². The molecule has 0 amide bonds. The first-order valence-electron chi connectivity index (χ1n) is 5.73. The van der Waals surface area contributed by atoms with Gasteiger partial charge in [0.05, 0.1) is 6.21 Å². The second-order valence-electron chi connectivity index (χ2n) is 3.69. The van der Waals surface area contributed by atoms with Crippen molar-refractivity contribution in [3.05, 3.63) is 29.8 Å². The molecule has 0 unspecified atom stereocenters. The topological polar surface area (TPSA) is 53.6 Å². The van der Waals surface area contributed by atoms with Crippen LogP contribution in [0.3, 0.4) is 0 Å². The average Bonchev–Trinajstić information content (AvgIpc) is 2.39. The molecule has 0 aromatic heterocycles. The Bertz CT molecular complexity index is 416. The smallest absolute Gasteiger partial charge is 0.184 e. The molecule has 0 aliphatic rings. The van der Waals surface area contributed by atoms with Gasteiger partial charge in [0.15, 0.2) is 5.11 Å². The molecule has 0 bridgehead atoms. The monoisotopic (exact) mass is 318 g/mol. The van der Waals surface area contributed by atoms with E-state index in [4.69, 9.17) is 28.9 Å². The Morgan fingerprint density at radius 2 is 1.84 bits per heavy atom. The summed E-state index contributed by atoms with van der Waals surface area (Å²) in [7, 11) is 0. The minimum absolute atomic E-state index is 0.142. The molecule has 0 spiro atoms.